The number of nitrogens with two attached hydrogens (primary N) is 1. The Morgan fingerprint density at radius 1 is 1.47 bits per heavy atom. The van der Waals surface area contributed by atoms with E-state index in [1.54, 1.807) is 4.90 Å². The zero-order valence-corrected chi connectivity index (χ0v) is 9.43. The number of amides is 1. The first-order valence-corrected chi connectivity index (χ1v) is 5.60. The Morgan fingerprint density at radius 2 is 2.18 bits per heavy atom. The minimum atomic E-state index is -0.343. The number of nitrogens with zero attached hydrogens (tertiary/aromatic N) is 1. The normalized spacial score (nSPS) is 19.6. The molecule has 5 heteroatoms. The predicted molar refractivity (Wildman–Crippen MR) is 60.6 cm³/mol. The van der Waals surface area contributed by atoms with Gasteiger partial charge >= 0.3 is 0 Å². The van der Waals surface area contributed by atoms with E-state index in [1.165, 1.54) is 24.3 Å². The molecule has 17 heavy (non-hydrogen) atoms. The summed E-state index contributed by atoms with van der Waals surface area (Å²) >= 11 is 0. The van der Waals surface area contributed by atoms with Crippen LogP contribution < -0.4 is 5.90 Å². The second kappa shape index (κ2) is 5.25. The van der Waals surface area contributed by atoms with E-state index < -0.39 is 0 Å². The number of benzene rings is 1. The Bertz CT molecular complexity index is 394. The molecule has 1 atom stereocenters. The largest absolute Gasteiger partial charge is 0.333 e. The fraction of sp³-hybridized carbons (Fsp3) is 0.417. The van der Waals surface area contributed by atoms with E-state index in [2.05, 4.69) is 4.84 Å². The number of likely N-dealkylation sites (tertiary alicyclic amines) is 1. The molecule has 0 saturated carbocycles. The molecular formula is C12H15FN2O2. The lowest BCUT2D eigenvalue weighted by molar-refractivity contribution is 0.0540. The van der Waals surface area contributed by atoms with Gasteiger partial charge in [0.1, 0.15) is 5.82 Å². The summed E-state index contributed by atoms with van der Waals surface area (Å²) in [6.45, 7) is 1.04. The zero-order valence-electron chi connectivity index (χ0n) is 9.43. The van der Waals surface area contributed by atoms with Gasteiger partial charge in [0.05, 0.1) is 12.6 Å². The molecule has 1 fully saturated rings. The molecule has 1 saturated heterocycles. The zero-order chi connectivity index (χ0) is 12.3. The van der Waals surface area contributed by atoms with Crippen molar-refractivity contribution < 1.29 is 14.0 Å². The van der Waals surface area contributed by atoms with Gasteiger partial charge in [-0.1, -0.05) is 0 Å². The topological polar surface area (TPSA) is 55.6 Å². The molecule has 1 unspecified atom stereocenters. The molecule has 1 aromatic rings. The molecule has 0 radical (unpaired) electrons. The summed E-state index contributed by atoms with van der Waals surface area (Å²) in [7, 11) is 0. The molecule has 1 heterocycles. The van der Waals surface area contributed by atoms with Crippen LogP contribution in [-0.4, -0.2) is 30.0 Å². The average molecular weight is 238 g/mol. The van der Waals surface area contributed by atoms with Gasteiger partial charge in [0.25, 0.3) is 5.91 Å². The highest BCUT2D eigenvalue weighted by atomic mass is 19.1. The van der Waals surface area contributed by atoms with Crippen LogP contribution in [0.15, 0.2) is 24.3 Å². The molecule has 0 aliphatic carbocycles. The molecule has 0 spiro atoms. The molecule has 1 aliphatic heterocycles. The van der Waals surface area contributed by atoms with Crippen molar-refractivity contribution in [2.24, 2.45) is 5.90 Å². The highest BCUT2D eigenvalue weighted by Gasteiger charge is 2.29. The van der Waals surface area contributed by atoms with Crippen LogP contribution in [0.25, 0.3) is 0 Å². The number of halogens is 1. The highest BCUT2D eigenvalue weighted by molar-refractivity contribution is 5.94. The molecular weight excluding hydrogens is 223 g/mol. The number of rotatable bonds is 3. The lowest BCUT2D eigenvalue weighted by Gasteiger charge is -2.23. The molecule has 0 bridgehead atoms. The van der Waals surface area contributed by atoms with E-state index in [-0.39, 0.29) is 17.8 Å². The summed E-state index contributed by atoms with van der Waals surface area (Å²) in [5.74, 6) is 4.61. The lowest BCUT2D eigenvalue weighted by atomic mass is 10.1. The van der Waals surface area contributed by atoms with Crippen molar-refractivity contribution >= 4 is 5.91 Å². The quantitative estimate of drug-likeness (QED) is 0.808. The van der Waals surface area contributed by atoms with Crippen LogP contribution in [0.2, 0.25) is 0 Å². The molecule has 1 amide bonds. The summed E-state index contributed by atoms with van der Waals surface area (Å²) in [6.07, 6.45) is 1.84. The first-order valence-electron chi connectivity index (χ1n) is 5.60. The number of carbonyl (C=O) groups excluding carboxylic acids is 1. The number of hydrogen-bond acceptors (Lipinski definition) is 3. The summed E-state index contributed by atoms with van der Waals surface area (Å²) in [5, 5.41) is 0. The van der Waals surface area contributed by atoms with Crippen molar-refractivity contribution in [1.29, 1.82) is 0 Å². The first-order chi connectivity index (χ1) is 8.22. The third-order valence-corrected chi connectivity index (χ3v) is 3.02. The fourth-order valence-corrected chi connectivity index (χ4v) is 2.15. The van der Waals surface area contributed by atoms with Crippen molar-refractivity contribution in [1.82, 2.24) is 4.90 Å². The molecule has 2 rings (SSSR count). The van der Waals surface area contributed by atoms with Crippen molar-refractivity contribution in [2.45, 2.75) is 18.9 Å². The van der Waals surface area contributed by atoms with Gasteiger partial charge in [0.15, 0.2) is 0 Å². The SMILES string of the molecule is NOCC1CCCN1C(=O)c1ccc(F)cc1. The minimum absolute atomic E-state index is 0.0255. The summed E-state index contributed by atoms with van der Waals surface area (Å²) in [5.41, 5.74) is 0.496. The van der Waals surface area contributed by atoms with Crippen LogP contribution in [0.1, 0.15) is 23.2 Å². The van der Waals surface area contributed by atoms with E-state index >= 15 is 0 Å². The number of carbonyl (C=O) groups is 1. The smallest absolute Gasteiger partial charge is 0.254 e. The highest BCUT2D eigenvalue weighted by Crippen LogP contribution is 2.20. The van der Waals surface area contributed by atoms with Crippen LogP contribution in [0.4, 0.5) is 4.39 Å². The fourth-order valence-electron chi connectivity index (χ4n) is 2.15. The van der Waals surface area contributed by atoms with Crippen LogP contribution in [0, 0.1) is 5.82 Å². The third kappa shape index (κ3) is 2.62. The molecule has 0 aromatic heterocycles. The van der Waals surface area contributed by atoms with Crippen LogP contribution in [-0.2, 0) is 4.84 Å². The van der Waals surface area contributed by atoms with Gasteiger partial charge in [0, 0.05) is 12.1 Å². The summed E-state index contributed by atoms with van der Waals surface area (Å²) in [6, 6.07) is 5.60. The van der Waals surface area contributed by atoms with Gasteiger partial charge in [-0.15, -0.1) is 0 Å². The number of hydrogen-bond donors (Lipinski definition) is 1. The second-order valence-corrected chi connectivity index (χ2v) is 4.13. The van der Waals surface area contributed by atoms with Crippen molar-refractivity contribution in [2.75, 3.05) is 13.2 Å². The Morgan fingerprint density at radius 3 is 2.82 bits per heavy atom. The first kappa shape index (κ1) is 12.0. The minimum Gasteiger partial charge on any atom is -0.333 e. The van der Waals surface area contributed by atoms with Crippen LogP contribution >= 0.6 is 0 Å². The Labute approximate surface area is 99.1 Å². The Balaban J connectivity index is 2.11. The predicted octanol–water partition coefficient (Wildman–Crippen LogP) is 1.32. The second-order valence-electron chi connectivity index (χ2n) is 4.13. The van der Waals surface area contributed by atoms with Crippen molar-refractivity contribution in [3.63, 3.8) is 0 Å². The lowest BCUT2D eigenvalue weighted by Crippen LogP contribution is -2.38. The third-order valence-electron chi connectivity index (χ3n) is 3.02. The van der Waals surface area contributed by atoms with E-state index in [1.807, 2.05) is 0 Å². The maximum atomic E-state index is 12.8. The standard InChI is InChI=1S/C12H15FN2O2/c13-10-5-3-9(4-6-10)12(16)15-7-1-2-11(15)8-17-14/h3-6,11H,1-2,7-8,14H2. The average Bonchev–Trinajstić information content (AvgIpc) is 2.78. The Hall–Kier alpha value is -1.46. The van der Waals surface area contributed by atoms with E-state index in [9.17, 15) is 9.18 Å². The molecule has 2 N–H and O–H groups in total. The van der Waals surface area contributed by atoms with Crippen LogP contribution in [0.5, 0.6) is 0 Å². The van der Waals surface area contributed by atoms with Crippen molar-refractivity contribution in [3.05, 3.63) is 35.6 Å². The summed E-state index contributed by atoms with van der Waals surface area (Å²) < 4.78 is 12.8. The van der Waals surface area contributed by atoms with Gasteiger partial charge < -0.3 is 9.74 Å². The maximum absolute atomic E-state index is 12.8. The summed E-state index contributed by atoms with van der Waals surface area (Å²) in [4.78, 5) is 18.5. The van der Waals surface area contributed by atoms with Crippen molar-refractivity contribution in [3.8, 4) is 0 Å². The van der Waals surface area contributed by atoms with E-state index in [0.717, 1.165) is 12.8 Å². The van der Waals surface area contributed by atoms with Gasteiger partial charge in [-0.3, -0.25) is 4.79 Å². The van der Waals surface area contributed by atoms with Gasteiger partial charge in [-0.25, -0.2) is 10.3 Å². The van der Waals surface area contributed by atoms with Gasteiger partial charge in [-0.05, 0) is 37.1 Å². The molecule has 1 aliphatic rings. The van der Waals surface area contributed by atoms with Gasteiger partial charge in [0.2, 0.25) is 0 Å². The molecule has 4 nitrogen and oxygen atoms in total. The van der Waals surface area contributed by atoms with E-state index in [4.69, 9.17) is 5.90 Å². The molecule has 92 valence electrons. The molecule has 1 aromatic carbocycles. The maximum Gasteiger partial charge on any atom is 0.254 e. The van der Waals surface area contributed by atoms with Crippen LogP contribution in [0.3, 0.4) is 0 Å². The van der Waals surface area contributed by atoms with E-state index in [0.29, 0.717) is 18.7 Å². The van der Waals surface area contributed by atoms with Gasteiger partial charge in [-0.2, -0.15) is 0 Å². The monoisotopic (exact) mass is 238 g/mol. The Kier molecular flexibility index (Phi) is 3.71.